The monoisotopic (exact) mass is 292 g/mol. The third-order valence-electron chi connectivity index (χ3n) is 3.83. The lowest BCUT2D eigenvalue weighted by atomic mass is 10.1. The van der Waals surface area contributed by atoms with Gasteiger partial charge in [-0.25, -0.2) is 0 Å². The van der Waals surface area contributed by atoms with Crippen LogP contribution in [0.1, 0.15) is 77.0 Å². The van der Waals surface area contributed by atoms with E-state index in [-0.39, 0.29) is 6.29 Å². The van der Waals surface area contributed by atoms with E-state index in [0.29, 0.717) is 0 Å². The molecule has 1 fully saturated rings. The molecule has 0 amide bonds. The van der Waals surface area contributed by atoms with Crippen LogP contribution in [-0.2, 0) is 9.47 Å². The first-order valence-corrected chi connectivity index (χ1v) is 8.75. The van der Waals surface area contributed by atoms with Crippen molar-refractivity contribution in [1.82, 2.24) is 0 Å². The molecule has 21 heavy (non-hydrogen) atoms. The summed E-state index contributed by atoms with van der Waals surface area (Å²) in [6, 6.07) is 0. The van der Waals surface area contributed by atoms with Crippen LogP contribution in [-0.4, -0.2) is 19.5 Å². The van der Waals surface area contributed by atoms with Crippen molar-refractivity contribution in [2.75, 3.05) is 13.2 Å². The lowest BCUT2D eigenvalue weighted by molar-refractivity contribution is -0.161. The van der Waals surface area contributed by atoms with E-state index in [1.165, 1.54) is 57.8 Å². The predicted molar refractivity (Wildman–Crippen MR) is 89.1 cm³/mol. The molecule has 1 heterocycles. The summed E-state index contributed by atoms with van der Waals surface area (Å²) in [5, 5.41) is 0. The van der Waals surface area contributed by atoms with Gasteiger partial charge in [0.1, 0.15) is 0 Å². The summed E-state index contributed by atoms with van der Waals surface area (Å²) < 4.78 is 11.2. The molecule has 120 valence electrons. The molecule has 2 heteroatoms. The average Bonchev–Trinajstić information content (AvgIpc) is 2.53. The molecule has 0 radical (unpaired) electrons. The van der Waals surface area contributed by atoms with Gasteiger partial charge >= 0.3 is 0 Å². The fourth-order valence-electron chi connectivity index (χ4n) is 2.54. The molecule has 0 spiro atoms. The molecule has 0 aliphatic carbocycles. The van der Waals surface area contributed by atoms with E-state index in [2.05, 4.69) is 18.1 Å². The Hall–Kier alpha value is -0.780. The summed E-state index contributed by atoms with van der Waals surface area (Å²) in [5.74, 6) is 2.70. The van der Waals surface area contributed by atoms with Crippen molar-refractivity contribution in [1.29, 1.82) is 0 Å². The normalized spacial score (nSPS) is 18.9. The summed E-state index contributed by atoms with van der Waals surface area (Å²) in [4.78, 5) is 0. The third-order valence-corrected chi connectivity index (χ3v) is 3.83. The smallest absolute Gasteiger partial charge is 0.157 e. The van der Waals surface area contributed by atoms with E-state index in [0.717, 1.165) is 32.5 Å². The SMILES string of the molecule is C#CCCCCCCCC/C=C/CCO[C@@H]1CCCCO1. The van der Waals surface area contributed by atoms with Crippen LogP contribution in [0.2, 0.25) is 0 Å². The zero-order valence-corrected chi connectivity index (χ0v) is 13.5. The fraction of sp³-hybridized carbons (Fsp3) is 0.789. The van der Waals surface area contributed by atoms with Gasteiger partial charge in [0.25, 0.3) is 0 Å². The second-order valence-corrected chi connectivity index (χ2v) is 5.79. The molecule has 0 aromatic heterocycles. The van der Waals surface area contributed by atoms with Gasteiger partial charge in [-0.2, -0.15) is 0 Å². The first-order chi connectivity index (χ1) is 10.4. The molecule has 0 saturated carbocycles. The Balaban J connectivity index is 1.77. The van der Waals surface area contributed by atoms with Gasteiger partial charge in [0.15, 0.2) is 6.29 Å². The summed E-state index contributed by atoms with van der Waals surface area (Å²) in [5.41, 5.74) is 0. The van der Waals surface area contributed by atoms with Crippen LogP contribution < -0.4 is 0 Å². The topological polar surface area (TPSA) is 18.5 Å². The standard InChI is InChI=1S/C19H32O2/c1-2-3-4-5-6-7-8-9-10-11-12-14-17-20-19-16-13-15-18-21-19/h1,11-12,19H,3-10,13-18H2/b12-11+/t19-/m0/s1. The Kier molecular flexibility index (Phi) is 12.3. The molecule has 1 aliphatic rings. The Bertz CT molecular complexity index is 284. The minimum Gasteiger partial charge on any atom is -0.353 e. The van der Waals surface area contributed by atoms with E-state index in [9.17, 15) is 0 Å². The Morgan fingerprint density at radius 2 is 1.76 bits per heavy atom. The van der Waals surface area contributed by atoms with Crippen LogP contribution in [0.25, 0.3) is 0 Å². The van der Waals surface area contributed by atoms with E-state index < -0.39 is 0 Å². The summed E-state index contributed by atoms with van der Waals surface area (Å²) in [6.07, 6.45) is 24.3. The maximum Gasteiger partial charge on any atom is 0.157 e. The third kappa shape index (κ3) is 11.5. The van der Waals surface area contributed by atoms with Gasteiger partial charge in [0, 0.05) is 13.0 Å². The van der Waals surface area contributed by atoms with Crippen LogP contribution in [0, 0.1) is 12.3 Å². The lowest BCUT2D eigenvalue weighted by Gasteiger charge is -2.22. The van der Waals surface area contributed by atoms with Gasteiger partial charge in [-0.05, 0) is 44.9 Å². The molecule has 0 aromatic rings. The maximum atomic E-state index is 5.69. The molecule has 0 bridgehead atoms. The predicted octanol–water partition coefficient (Wildman–Crippen LogP) is 5.23. The van der Waals surface area contributed by atoms with Gasteiger partial charge in [0.2, 0.25) is 0 Å². The van der Waals surface area contributed by atoms with Crippen molar-refractivity contribution in [3.05, 3.63) is 12.2 Å². The van der Waals surface area contributed by atoms with Crippen LogP contribution in [0.4, 0.5) is 0 Å². The van der Waals surface area contributed by atoms with E-state index in [4.69, 9.17) is 15.9 Å². The highest BCUT2D eigenvalue weighted by molar-refractivity contribution is 4.83. The highest BCUT2D eigenvalue weighted by Crippen LogP contribution is 2.14. The Labute approximate surface area is 131 Å². The van der Waals surface area contributed by atoms with Gasteiger partial charge in [-0.15, -0.1) is 12.3 Å². The van der Waals surface area contributed by atoms with Gasteiger partial charge in [0.05, 0.1) is 6.61 Å². The fourth-order valence-corrected chi connectivity index (χ4v) is 2.54. The second kappa shape index (κ2) is 14.2. The molecule has 0 unspecified atom stereocenters. The summed E-state index contributed by atoms with van der Waals surface area (Å²) in [6.45, 7) is 1.65. The number of allylic oxidation sites excluding steroid dienone is 1. The van der Waals surface area contributed by atoms with E-state index in [1.807, 2.05) is 0 Å². The van der Waals surface area contributed by atoms with Crippen LogP contribution in [0.15, 0.2) is 12.2 Å². The number of ether oxygens (including phenoxy) is 2. The minimum atomic E-state index is 0.0571. The molecule has 0 aromatic carbocycles. The van der Waals surface area contributed by atoms with Crippen molar-refractivity contribution in [3.63, 3.8) is 0 Å². The number of hydrogen-bond acceptors (Lipinski definition) is 2. The minimum absolute atomic E-state index is 0.0571. The lowest BCUT2D eigenvalue weighted by Crippen LogP contribution is -2.22. The molecule has 2 nitrogen and oxygen atoms in total. The molecule has 1 saturated heterocycles. The van der Waals surface area contributed by atoms with Crippen LogP contribution in [0.5, 0.6) is 0 Å². The molecular formula is C19H32O2. The van der Waals surface area contributed by atoms with Crippen molar-refractivity contribution in [3.8, 4) is 12.3 Å². The van der Waals surface area contributed by atoms with Crippen molar-refractivity contribution in [2.45, 2.75) is 83.3 Å². The van der Waals surface area contributed by atoms with E-state index in [1.54, 1.807) is 0 Å². The zero-order valence-electron chi connectivity index (χ0n) is 13.5. The van der Waals surface area contributed by atoms with Crippen LogP contribution >= 0.6 is 0 Å². The molecule has 1 rings (SSSR count). The van der Waals surface area contributed by atoms with Gasteiger partial charge in [-0.1, -0.05) is 37.8 Å². The number of terminal acetylenes is 1. The van der Waals surface area contributed by atoms with Crippen molar-refractivity contribution in [2.24, 2.45) is 0 Å². The number of hydrogen-bond donors (Lipinski definition) is 0. The molecule has 1 atom stereocenters. The first-order valence-electron chi connectivity index (χ1n) is 8.75. The molecule has 1 aliphatic heterocycles. The Morgan fingerprint density at radius 1 is 1.00 bits per heavy atom. The quantitative estimate of drug-likeness (QED) is 0.278. The Morgan fingerprint density at radius 3 is 2.52 bits per heavy atom. The second-order valence-electron chi connectivity index (χ2n) is 5.79. The highest BCUT2D eigenvalue weighted by Gasteiger charge is 2.12. The maximum absolute atomic E-state index is 5.69. The van der Waals surface area contributed by atoms with Gasteiger partial charge in [-0.3, -0.25) is 0 Å². The molecular weight excluding hydrogens is 260 g/mol. The largest absolute Gasteiger partial charge is 0.353 e. The van der Waals surface area contributed by atoms with Gasteiger partial charge < -0.3 is 9.47 Å². The number of unbranched alkanes of at least 4 members (excludes halogenated alkanes) is 7. The average molecular weight is 292 g/mol. The van der Waals surface area contributed by atoms with Crippen molar-refractivity contribution < 1.29 is 9.47 Å². The van der Waals surface area contributed by atoms with Crippen LogP contribution in [0.3, 0.4) is 0 Å². The number of rotatable bonds is 12. The first kappa shape index (κ1) is 18.3. The summed E-state index contributed by atoms with van der Waals surface area (Å²) >= 11 is 0. The highest BCUT2D eigenvalue weighted by atomic mass is 16.7. The van der Waals surface area contributed by atoms with Crippen molar-refractivity contribution >= 4 is 0 Å². The van der Waals surface area contributed by atoms with E-state index >= 15 is 0 Å². The summed E-state index contributed by atoms with van der Waals surface area (Å²) in [7, 11) is 0. The molecule has 0 N–H and O–H groups in total. The zero-order chi connectivity index (χ0) is 15.0.